The first-order valence-electron chi connectivity index (χ1n) is 10.1. The van der Waals surface area contributed by atoms with Gasteiger partial charge in [-0.25, -0.2) is 9.37 Å². The Kier molecular flexibility index (Phi) is 7.82. The van der Waals surface area contributed by atoms with Gasteiger partial charge in [-0.15, -0.1) is 0 Å². The highest BCUT2D eigenvalue weighted by molar-refractivity contribution is 7.70. The number of fused-ring (bicyclic) bond motifs is 1. The number of hydrogen-bond donors (Lipinski definition) is 4. The number of imidazole rings is 1. The summed E-state index contributed by atoms with van der Waals surface area (Å²) in [6, 6.07) is 7.16. The molecule has 1 aliphatic rings. The summed E-state index contributed by atoms with van der Waals surface area (Å²) in [6.07, 6.45) is -2.58. The van der Waals surface area contributed by atoms with E-state index in [0.717, 1.165) is 5.56 Å². The van der Waals surface area contributed by atoms with E-state index in [1.54, 1.807) is 12.1 Å². The Morgan fingerprint density at radius 2 is 1.91 bits per heavy atom. The number of anilines is 1. The Morgan fingerprint density at radius 3 is 2.60 bits per heavy atom. The summed E-state index contributed by atoms with van der Waals surface area (Å²) in [5, 5.41) is 3.61. The molecule has 17 heteroatoms. The molecule has 0 radical (unpaired) electrons. The number of halogens is 3. The Bertz CT molecular complexity index is 1310. The summed E-state index contributed by atoms with van der Waals surface area (Å²) < 4.78 is 49.4. The molecule has 0 amide bonds. The second-order valence-electron chi connectivity index (χ2n) is 7.78. The van der Waals surface area contributed by atoms with Crippen LogP contribution in [-0.4, -0.2) is 59.0 Å². The van der Waals surface area contributed by atoms with Crippen LogP contribution in [0.2, 0.25) is 10.3 Å². The number of rotatable bonds is 9. The third kappa shape index (κ3) is 6.76. The SMILES string of the molecule is O=P(O)(O)CP(=O)(O)OC[C@@H]1C[C@H](F)[C@H](n2cnc3c(NCc4ccc(Cl)cc4)nc(Cl)nc32)O1. The van der Waals surface area contributed by atoms with Crippen LogP contribution in [-0.2, 0) is 24.9 Å². The van der Waals surface area contributed by atoms with Crippen molar-refractivity contribution < 1.29 is 37.5 Å². The predicted molar refractivity (Wildman–Crippen MR) is 125 cm³/mol. The molecule has 0 spiro atoms. The molecule has 190 valence electrons. The van der Waals surface area contributed by atoms with Gasteiger partial charge in [-0.05, 0) is 29.3 Å². The first-order valence-corrected chi connectivity index (χ1v) is 14.4. The zero-order chi connectivity index (χ0) is 25.4. The van der Waals surface area contributed by atoms with Gasteiger partial charge < -0.3 is 29.3 Å². The van der Waals surface area contributed by atoms with E-state index in [0.29, 0.717) is 22.9 Å². The number of ether oxygens (including phenoxy) is 1. The smallest absolute Gasteiger partial charge is 0.340 e. The summed E-state index contributed by atoms with van der Waals surface area (Å²) in [7, 11) is -9.37. The van der Waals surface area contributed by atoms with Gasteiger partial charge in [-0.3, -0.25) is 13.7 Å². The summed E-state index contributed by atoms with van der Waals surface area (Å²) in [5.41, 5.74) is 1.44. The van der Waals surface area contributed by atoms with Gasteiger partial charge >= 0.3 is 15.2 Å². The van der Waals surface area contributed by atoms with Gasteiger partial charge in [0.1, 0.15) is 6.17 Å². The minimum atomic E-state index is -4.78. The lowest BCUT2D eigenvalue weighted by Gasteiger charge is -2.18. The van der Waals surface area contributed by atoms with E-state index in [1.165, 1.54) is 10.9 Å². The zero-order valence-corrected chi connectivity index (χ0v) is 21.0. The number of alkyl halides is 1. The van der Waals surface area contributed by atoms with Crippen LogP contribution < -0.4 is 5.32 Å². The topological polar surface area (TPSA) is 169 Å². The van der Waals surface area contributed by atoms with Crippen molar-refractivity contribution >= 4 is 55.4 Å². The third-order valence-electron chi connectivity index (χ3n) is 5.00. The monoisotopic (exact) mass is 569 g/mol. The molecule has 2 aromatic heterocycles. The lowest BCUT2D eigenvalue weighted by Crippen LogP contribution is -2.17. The molecule has 12 nitrogen and oxygen atoms in total. The average Bonchev–Trinajstić information content (AvgIpc) is 3.33. The second kappa shape index (κ2) is 10.4. The molecule has 1 aromatic carbocycles. The van der Waals surface area contributed by atoms with Gasteiger partial charge in [0.15, 0.2) is 29.1 Å². The summed E-state index contributed by atoms with van der Waals surface area (Å²) in [4.78, 5) is 39.9. The number of aromatic nitrogens is 4. The van der Waals surface area contributed by atoms with E-state index in [-0.39, 0.29) is 17.4 Å². The van der Waals surface area contributed by atoms with Gasteiger partial charge in [-0.2, -0.15) is 9.97 Å². The molecular weight excluding hydrogens is 550 g/mol. The highest BCUT2D eigenvalue weighted by Crippen LogP contribution is 2.55. The molecule has 35 heavy (non-hydrogen) atoms. The van der Waals surface area contributed by atoms with E-state index in [4.69, 9.17) is 42.2 Å². The minimum Gasteiger partial charge on any atom is -0.364 e. The van der Waals surface area contributed by atoms with Crippen LogP contribution in [0, 0.1) is 0 Å². The van der Waals surface area contributed by atoms with Gasteiger partial charge in [0, 0.05) is 18.0 Å². The van der Waals surface area contributed by atoms with Gasteiger partial charge in [0.05, 0.1) is 19.0 Å². The maximum absolute atomic E-state index is 14.8. The molecule has 1 saturated heterocycles. The Balaban J connectivity index is 1.48. The molecule has 0 aliphatic carbocycles. The van der Waals surface area contributed by atoms with Crippen LogP contribution in [0.5, 0.6) is 0 Å². The largest absolute Gasteiger partial charge is 0.364 e. The third-order valence-corrected chi connectivity index (χ3v) is 8.87. The summed E-state index contributed by atoms with van der Waals surface area (Å²) in [6.45, 7) is -0.158. The molecule has 0 saturated carbocycles. The molecule has 1 fully saturated rings. The summed E-state index contributed by atoms with van der Waals surface area (Å²) in [5.74, 6) is -1.02. The van der Waals surface area contributed by atoms with Gasteiger partial charge in [0.25, 0.3) is 0 Å². The predicted octanol–water partition coefficient (Wildman–Crippen LogP) is 3.71. The first kappa shape index (κ1) is 26.4. The minimum absolute atomic E-state index is 0.107. The van der Waals surface area contributed by atoms with Crippen molar-refractivity contribution in [2.45, 2.75) is 31.5 Å². The van der Waals surface area contributed by atoms with Crippen LogP contribution >= 0.6 is 38.4 Å². The number of nitrogens with one attached hydrogen (secondary N) is 1. The van der Waals surface area contributed by atoms with Gasteiger partial charge in [0.2, 0.25) is 5.28 Å². The van der Waals surface area contributed by atoms with Crippen LogP contribution in [0.25, 0.3) is 11.2 Å². The van der Waals surface area contributed by atoms with Gasteiger partial charge in [-0.1, -0.05) is 23.7 Å². The fourth-order valence-corrected chi connectivity index (χ4v) is 6.39. The molecule has 0 bridgehead atoms. The van der Waals surface area contributed by atoms with Crippen molar-refractivity contribution in [3.05, 3.63) is 46.5 Å². The maximum atomic E-state index is 14.8. The number of hydrogen-bond acceptors (Lipinski definition) is 8. The first-order chi connectivity index (χ1) is 16.4. The van der Waals surface area contributed by atoms with Crippen LogP contribution in [0.1, 0.15) is 18.2 Å². The number of nitrogens with zero attached hydrogens (tertiary/aromatic N) is 4. The van der Waals surface area contributed by atoms with Crippen LogP contribution in [0.4, 0.5) is 10.2 Å². The number of benzene rings is 1. The molecule has 4 N–H and O–H groups in total. The van der Waals surface area contributed by atoms with E-state index in [9.17, 15) is 18.4 Å². The lowest BCUT2D eigenvalue weighted by molar-refractivity contribution is -0.0324. The zero-order valence-electron chi connectivity index (χ0n) is 17.7. The van der Waals surface area contributed by atoms with Crippen molar-refractivity contribution in [2.75, 3.05) is 17.8 Å². The van der Waals surface area contributed by atoms with Crippen molar-refractivity contribution in [3.63, 3.8) is 0 Å². The molecule has 3 aromatic rings. The molecule has 3 heterocycles. The molecular formula is C18H20Cl2FN5O7P2. The Labute approximate surface area is 208 Å². The van der Waals surface area contributed by atoms with Crippen molar-refractivity contribution in [2.24, 2.45) is 0 Å². The van der Waals surface area contributed by atoms with E-state index >= 15 is 0 Å². The average molecular weight is 570 g/mol. The quantitative estimate of drug-likeness (QED) is 0.219. The normalized spacial score (nSPS) is 22.4. The van der Waals surface area contributed by atoms with E-state index in [1.807, 2.05) is 12.1 Å². The van der Waals surface area contributed by atoms with Crippen LogP contribution in [0.15, 0.2) is 30.6 Å². The van der Waals surface area contributed by atoms with Crippen molar-refractivity contribution in [1.82, 2.24) is 19.5 Å². The van der Waals surface area contributed by atoms with E-state index < -0.39 is 46.2 Å². The molecule has 4 rings (SSSR count). The van der Waals surface area contributed by atoms with Crippen LogP contribution in [0.3, 0.4) is 0 Å². The Morgan fingerprint density at radius 1 is 1.20 bits per heavy atom. The fraction of sp³-hybridized carbons (Fsp3) is 0.389. The summed E-state index contributed by atoms with van der Waals surface area (Å²) >= 11 is 12.0. The van der Waals surface area contributed by atoms with Crippen molar-refractivity contribution in [3.8, 4) is 0 Å². The molecule has 1 unspecified atom stereocenters. The second-order valence-corrected chi connectivity index (χ2v) is 12.6. The lowest BCUT2D eigenvalue weighted by atomic mass is 10.2. The molecule has 4 atom stereocenters. The standard InChI is InChI=1S/C18H20Cl2FN5O7P2/c19-11-3-1-10(2-4-11)6-22-15-14-16(25-18(20)24-15)26(8-23-14)17-13(21)5-12(33-17)7-32-35(30,31)9-34(27,28)29/h1-4,8,12-13,17H,5-7,9H2,(H,30,31)(H,22,24,25)(H2,27,28,29)/t12-,13-,17+/m0/s1. The fourth-order valence-electron chi connectivity index (χ4n) is 3.51. The highest BCUT2D eigenvalue weighted by atomic mass is 35.5. The van der Waals surface area contributed by atoms with Crippen molar-refractivity contribution in [1.29, 1.82) is 0 Å². The van der Waals surface area contributed by atoms with E-state index in [2.05, 4.69) is 20.3 Å². The maximum Gasteiger partial charge on any atom is 0.340 e. The molecule has 1 aliphatic heterocycles. The highest BCUT2D eigenvalue weighted by Gasteiger charge is 2.40. The Hall–Kier alpha value is -1.66.